The van der Waals surface area contributed by atoms with E-state index in [4.69, 9.17) is 9.47 Å². The standard InChI is InChI=1S/C18H32N4O2S.HI/c1-14-15(2)25-17(22-14)5-9-21-18(19-3)20-8-4-10-24-13-16-6-11-23-12-7-16;/h16H,4-13H2,1-3H3,(H2,19,20,21);1H. The van der Waals surface area contributed by atoms with Crippen molar-refractivity contribution in [3.63, 3.8) is 0 Å². The van der Waals surface area contributed by atoms with Gasteiger partial charge in [0.25, 0.3) is 0 Å². The van der Waals surface area contributed by atoms with E-state index in [-0.39, 0.29) is 24.0 Å². The Morgan fingerprint density at radius 2 is 2.00 bits per heavy atom. The van der Waals surface area contributed by atoms with Crippen LogP contribution in [0.15, 0.2) is 4.99 Å². The van der Waals surface area contributed by atoms with Gasteiger partial charge in [-0.3, -0.25) is 4.99 Å². The minimum Gasteiger partial charge on any atom is -0.381 e. The van der Waals surface area contributed by atoms with Crippen molar-refractivity contribution in [2.45, 2.75) is 39.5 Å². The van der Waals surface area contributed by atoms with Crippen LogP contribution < -0.4 is 10.6 Å². The molecule has 0 radical (unpaired) electrons. The second-order valence-corrected chi connectivity index (χ2v) is 7.70. The van der Waals surface area contributed by atoms with Gasteiger partial charge in [0.2, 0.25) is 0 Å². The number of halogens is 1. The van der Waals surface area contributed by atoms with E-state index in [1.165, 1.54) is 9.88 Å². The molecule has 150 valence electrons. The lowest BCUT2D eigenvalue weighted by Crippen LogP contribution is -2.39. The van der Waals surface area contributed by atoms with E-state index in [0.29, 0.717) is 5.92 Å². The summed E-state index contributed by atoms with van der Waals surface area (Å²) >= 11 is 1.78. The summed E-state index contributed by atoms with van der Waals surface area (Å²) in [6.07, 6.45) is 4.17. The number of aryl methyl sites for hydroxylation is 2. The van der Waals surface area contributed by atoms with Gasteiger partial charge in [-0.2, -0.15) is 0 Å². The van der Waals surface area contributed by atoms with Crippen LogP contribution in [0.4, 0.5) is 0 Å². The predicted octanol–water partition coefficient (Wildman–Crippen LogP) is 2.92. The fourth-order valence-corrected chi connectivity index (χ4v) is 3.63. The minimum atomic E-state index is 0. The molecule has 0 aromatic carbocycles. The van der Waals surface area contributed by atoms with Crippen LogP contribution in [0.3, 0.4) is 0 Å². The Balaban J connectivity index is 0.00000338. The number of nitrogens with zero attached hydrogens (tertiary/aromatic N) is 2. The van der Waals surface area contributed by atoms with E-state index in [2.05, 4.69) is 34.5 Å². The van der Waals surface area contributed by atoms with Crippen LogP contribution >= 0.6 is 35.3 Å². The monoisotopic (exact) mass is 496 g/mol. The van der Waals surface area contributed by atoms with Crippen molar-refractivity contribution in [3.05, 3.63) is 15.6 Å². The molecule has 6 nitrogen and oxygen atoms in total. The summed E-state index contributed by atoms with van der Waals surface area (Å²) in [5.74, 6) is 1.52. The van der Waals surface area contributed by atoms with E-state index in [9.17, 15) is 0 Å². The summed E-state index contributed by atoms with van der Waals surface area (Å²) in [5, 5.41) is 7.85. The number of thiazole rings is 1. The average molecular weight is 496 g/mol. The molecule has 8 heteroatoms. The molecule has 1 saturated heterocycles. The molecule has 0 bridgehead atoms. The molecular formula is C18H33IN4O2S. The van der Waals surface area contributed by atoms with Crippen molar-refractivity contribution in [1.29, 1.82) is 0 Å². The smallest absolute Gasteiger partial charge is 0.190 e. The molecule has 0 unspecified atom stereocenters. The fourth-order valence-electron chi connectivity index (χ4n) is 2.70. The van der Waals surface area contributed by atoms with Crippen LogP contribution in [-0.2, 0) is 15.9 Å². The predicted molar refractivity (Wildman–Crippen MR) is 119 cm³/mol. The van der Waals surface area contributed by atoms with Gasteiger partial charge >= 0.3 is 0 Å². The molecule has 1 fully saturated rings. The largest absolute Gasteiger partial charge is 0.381 e. The molecule has 1 aliphatic rings. The van der Waals surface area contributed by atoms with Gasteiger partial charge < -0.3 is 20.1 Å². The third-order valence-electron chi connectivity index (χ3n) is 4.38. The molecule has 0 saturated carbocycles. The third kappa shape index (κ3) is 8.96. The summed E-state index contributed by atoms with van der Waals surface area (Å²) in [7, 11) is 1.80. The van der Waals surface area contributed by atoms with Gasteiger partial charge in [-0.1, -0.05) is 0 Å². The molecule has 1 aromatic heterocycles. The first-order valence-corrected chi connectivity index (χ1v) is 10.0. The first-order valence-electron chi connectivity index (χ1n) is 9.22. The van der Waals surface area contributed by atoms with Gasteiger partial charge in [0.05, 0.1) is 10.7 Å². The molecule has 0 spiro atoms. The first kappa shape index (κ1) is 23.6. The third-order valence-corrected chi connectivity index (χ3v) is 5.51. The normalized spacial score (nSPS) is 15.6. The quantitative estimate of drug-likeness (QED) is 0.238. The maximum Gasteiger partial charge on any atom is 0.190 e. The molecule has 0 aliphatic carbocycles. The van der Waals surface area contributed by atoms with Crippen molar-refractivity contribution in [3.8, 4) is 0 Å². The number of guanidine groups is 1. The highest BCUT2D eigenvalue weighted by Gasteiger charge is 2.13. The van der Waals surface area contributed by atoms with Crippen molar-refractivity contribution in [2.75, 3.05) is 46.6 Å². The van der Waals surface area contributed by atoms with Crippen LogP contribution in [0.1, 0.15) is 34.8 Å². The second-order valence-electron chi connectivity index (χ2n) is 6.41. The SMILES string of the molecule is CN=C(NCCCOCC1CCOCC1)NCCc1nc(C)c(C)s1.I. The Bertz CT molecular complexity index is 514. The molecule has 2 rings (SSSR count). The Morgan fingerprint density at radius 3 is 2.65 bits per heavy atom. The molecule has 1 aromatic rings. The number of hydrogen-bond acceptors (Lipinski definition) is 5. The van der Waals surface area contributed by atoms with Gasteiger partial charge in [-0.25, -0.2) is 4.98 Å². The van der Waals surface area contributed by atoms with Crippen LogP contribution in [0.5, 0.6) is 0 Å². The Morgan fingerprint density at radius 1 is 1.27 bits per heavy atom. The number of aromatic nitrogens is 1. The molecule has 26 heavy (non-hydrogen) atoms. The highest BCUT2D eigenvalue weighted by Crippen LogP contribution is 2.16. The fraction of sp³-hybridized carbons (Fsp3) is 0.778. The van der Waals surface area contributed by atoms with E-state index < -0.39 is 0 Å². The summed E-state index contributed by atoms with van der Waals surface area (Å²) in [6.45, 7) is 9.31. The van der Waals surface area contributed by atoms with Crippen molar-refractivity contribution in [2.24, 2.45) is 10.9 Å². The lowest BCUT2D eigenvalue weighted by atomic mass is 10.0. The Labute approximate surface area is 178 Å². The van der Waals surface area contributed by atoms with E-state index in [1.807, 2.05) is 0 Å². The zero-order chi connectivity index (χ0) is 17.9. The maximum atomic E-state index is 5.78. The Kier molecular flexibility index (Phi) is 12.4. The van der Waals surface area contributed by atoms with Gasteiger partial charge in [0, 0.05) is 57.9 Å². The first-order chi connectivity index (χ1) is 12.2. The lowest BCUT2D eigenvalue weighted by molar-refractivity contribution is 0.0203. The van der Waals surface area contributed by atoms with E-state index >= 15 is 0 Å². The number of ether oxygens (including phenoxy) is 2. The highest BCUT2D eigenvalue weighted by molar-refractivity contribution is 14.0. The van der Waals surface area contributed by atoms with E-state index in [1.54, 1.807) is 18.4 Å². The van der Waals surface area contributed by atoms with E-state index in [0.717, 1.165) is 76.9 Å². The summed E-state index contributed by atoms with van der Waals surface area (Å²) in [5.41, 5.74) is 1.14. The maximum absolute atomic E-state index is 5.78. The van der Waals surface area contributed by atoms with Gasteiger partial charge in [-0.15, -0.1) is 35.3 Å². The number of hydrogen-bond donors (Lipinski definition) is 2. The van der Waals surface area contributed by atoms with Crippen LogP contribution in [-0.4, -0.2) is 57.5 Å². The van der Waals surface area contributed by atoms with Crippen molar-refractivity contribution in [1.82, 2.24) is 15.6 Å². The highest BCUT2D eigenvalue weighted by atomic mass is 127. The van der Waals surface area contributed by atoms with Crippen LogP contribution in [0, 0.1) is 19.8 Å². The van der Waals surface area contributed by atoms with Crippen molar-refractivity contribution >= 4 is 41.3 Å². The van der Waals surface area contributed by atoms with Crippen molar-refractivity contribution < 1.29 is 9.47 Å². The molecular weight excluding hydrogens is 463 g/mol. The molecule has 2 heterocycles. The van der Waals surface area contributed by atoms with Crippen LogP contribution in [0.2, 0.25) is 0 Å². The average Bonchev–Trinajstić information content (AvgIpc) is 2.95. The topological polar surface area (TPSA) is 67.8 Å². The van der Waals surface area contributed by atoms with Gasteiger partial charge in [-0.05, 0) is 39.0 Å². The van der Waals surface area contributed by atoms with Gasteiger partial charge in [0.15, 0.2) is 5.96 Å². The lowest BCUT2D eigenvalue weighted by Gasteiger charge is -2.21. The zero-order valence-electron chi connectivity index (χ0n) is 16.2. The molecule has 0 amide bonds. The molecule has 0 atom stereocenters. The zero-order valence-corrected chi connectivity index (χ0v) is 19.3. The van der Waals surface area contributed by atoms with Gasteiger partial charge in [0.1, 0.15) is 0 Å². The summed E-state index contributed by atoms with van der Waals surface area (Å²) in [6, 6.07) is 0. The van der Waals surface area contributed by atoms with Crippen LogP contribution in [0.25, 0.3) is 0 Å². The second kappa shape index (κ2) is 13.7. The number of aliphatic imine (C=N–C) groups is 1. The number of rotatable bonds is 9. The molecule has 1 aliphatic heterocycles. The number of nitrogens with one attached hydrogen (secondary N) is 2. The minimum absolute atomic E-state index is 0. The molecule has 2 N–H and O–H groups in total. The summed E-state index contributed by atoms with van der Waals surface area (Å²) in [4.78, 5) is 10.1. The summed E-state index contributed by atoms with van der Waals surface area (Å²) < 4.78 is 11.1. The Hall–Kier alpha value is -0.450.